The highest BCUT2D eigenvalue weighted by molar-refractivity contribution is 5.83. The van der Waals surface area contributed by atoms with Crippen LogP contribution in [0.1, 0.15) is 19.3 Å². The number of nitrogens with one attached hydrogen (secondary N) is 1. The van der Waals surface area contributed by atoms with Gasteiger partial charge < -0.3 is 24.4 Å². The molecular formula is C26H31N3O4. The van der Waals surface area contributed by atoms with Crippen LogP contribution in [-0.4, -0.2) is 57.2 Å². The monoisotopic (exact) mass is 449 g/mol. The Morgan fingerprint density at radius 3 is 2.88 bits per heavy atom. The minimum absolute atomic E-state index is 0.0630. The van der Waals surface area contributed by atoms with Crippen molar-refractivity contribution in [2.24, 2.45) is 0 Å². The molecule has 3 aromatic rings. The van der Waals surface area contributed by atoms with Gasteiger partial charge in [-0.1, -0.05) is 0 Å². The number of hydrogen-bond donors (Lipinski definition) is 1. The van der Waals surface area contributed by atoms with Crippen molar-refractivity contribution in [2.45, 2.75) is 25.4 Å². The van der Waals surface area contributed by atoms with Gasteiger partial charge in [-0.25, -0.2) is 0 Å². The molecule has 1 aromatic heterocycles. The van der Waals surface area contributed by atoms with E-state index in [0.717, 1.165) is 80.3 Å². The van der Waals surface area contributed by atoms with Crippen LogP contribution in [0.15, 0.2) is 53.5 Å². The Kier molecular flexibility index (Phi) is 6.51. The van der Waals surface area contributed by atoms with Gasteiger partial charge in [0, 0.05) is 43.9 Å². The topological polar surface area (TPSA) is 65.0 Å². The molecule has 174 valence electrons. The number of aromatic nitrogens is 1. The summed E-state index contributed by atoms with van der Waals surface area (Å²) >= 11 is 0. The van der Waals surface area contributed by atoms with Crippen molar-refractivity contribution in [3.63, 3.8) is 0 Å². The van der Waals surface area contributed by atoms with Crippen LogP contribution in [-0.2, 0) is 4.74 Å². The van der Waals surface area contributed by atoms with E-state index in [2.05, 4.69) is 16.3 Å². The molecule has 5 rings (SSSR count). The number of rotatable bonds is 6. The Morgan fingerprint density at radius 1 is 1.09 bits per heavy atom. The average Bonchev–Trinajstić information content (AvgIpc) is 3.23. The lowest BCUT2D eigenvalue weighted by Gasteiger charge is -2.25. The summed E-state index contributed by atoms with van der Waals surface area (Å²) in [6.07, 6.45) is 5.20. The second-order valence-corrected chi connectivity index (χ2v) is 8.63. The van der Waals surface area contributed by atoms with E-state index in [-0.39, 0.29) is 11.7 Å². The fourth-order valence-corrected chi connectivity index (χ4v) is 4.65. The zero-order chi connectivity index (χ0) is 22.6. The number of anilines is 1. The van der Waals surface area contributed by atoms with Gasteiger partial charge >= 0.3 is 0 Å². The average molecular weight is 450 g/mol. The number of ether oxygens (including phenoxy) is 3. The second-order valence-electron chi connectivity index (χ2n) is 8.63. The Labute approximate surface area is 193 Å². The summed E-state index contributed by atoms with van der Waals surface area (Å²) in [6, 6.07) is 13.6. The van der Waals surface area contributed by atoms with Gasteiger partial charge in [0.15, 0.2) is 0 Å². The van der Waals surface area contributed by atoms with Gasteiger partial charge in [0.05, 0.1) is 24.6 Å². The molecule has 2 saturated heterocycles. The third-order valence-electron chi connectivity index (χ3n) is 6.46. The molecule has 33 heavy (non-hydrogen) atoms. The molecule has 0 saturated carbocycles. The molecule has 1 atom stereocenters. The fourth-order valence-electron chi connectivity index (χ4n) is 4.65. The normalized spacial score (nSPS) is 18.9. The SMILES string of the molecule is COc1cc(-n2ccc3cc(OC[C@@H]4CCCO4)ccc3c2=O)ccc1N1CCCNCC1. The Bertz CT molecular complexity index is 1160. The Balaban J connectivity index is 1.41. The van der Waals surface area contributed by atoms with E-state index < -0.39 is 0 Å². The van der Waals surface area contributed by atoms with Crippen LogP contribution in [0.5, 0.6) is 11.5 Å². The molecule has 7 heteroatoms. The minimum Gasteiger partial charge on any atom is -0.495 e. The van der Waals surface area contributed by atoms with E-state index in [4.69, 9.17) is 14.2 Å². The maximum absolute atomic E-state index is 13.3. The van der Waals surface area contributed by atoms with Crippen LogP contribution in [0.2, 0.25) is 0 Å². The van der Waals surface area contributed by atoms with E-state index in [1.807, 2.05) is 42.6 Å². The molecule has 0 aliphatic carbocycles. The lowest BCUT2D eigenvalue weighted by molar-refractivity contribution is 0.0680. The Morgan fingerprint density at radius 2 is 2.03 bits per heavy atom. The predicted octanol–water partition coefficient (Wildman–Crippen LogP) is 3.36. The molecule has 0 unspecified atom stereocenters. The maximum atomic E-state index is 13.3. The van der Waals surface area contributed by atoms with E-state index in [0.29, 0.717) is 12.0 Å². The van der Waals surface area contributed by atoms with Crippen molar-refractivity contribution in [3.8, 4) is 17.2 Å². The summed E-state index contributed by atoms with van der Waals surface area (Å²) in [4.78, 5) is 15.6. The quantitative estimate of drug-likeness (QED) is 0.623. The first-order valence-electron chi connectivity index (χ1n) is 11.8. The molecular weight excluding hydrogens is 418 g/mol. The number of fused-ring (bicyclic) bond motifs is 1. The van der Waals surface area contributed by atoms with Crippen molar-refractivity contribution in [1.29, 1.82) is 0 Å². The molecule has 2 fully saturated rings. The van der Waals surface area contributed by atoms with Crippen LogP contribution in [0.4, 0.5) is 5.69 Å². The highest BCUT2D eigenvalue weighted by Crippen LogP contribution is 2.31. The van der Waals surface area contributed by atoms with Gasteiger partial charge in [-0.2, -0.15) is 0 Å². The molecule has 2 aromatic carbocycles. The summed E-state index contributed by atoms with van der Waals surface area (Å²) < 4.78 is 18.9. The number of benzene rings is 2. The first-order chi connectivity index (χ1) is 16.2. The van der Waals surface area contributed by atoms with Gasteiger partial charge in [-0.3, -0.25) is 9.36 Å². The van der Waals surface area contributed by atoms with Crippen LogP contribution < -0.4 is 25.2 Å². The van der Waals surface area contributed by atoms with Crippen molar-refractivity contribution in [2.75, 3.05) is 51.4 Å². The summed E-state index contributed by atoms with van der Waals surface area (Å²) in [5, 5.41) is 4.95. The van der Waals surface area contributed by atoms with E-state index in [9.17, 15) is 4.79 Å². The highest BCUT2D eigenvalue weighted by atomic mass is 16.5. The number of pyridine rings is 1. The molecule has 2 aliphatic rings. The molecule has 0 bridgehead atoms. The van der Waals surface area contributed by atoms with Gasteiger partial charge in [0.25, 0.3) is 5.56 Å². The summed E-state index contributed by atoms with van der Waals surface area (Å²) in [7, 11) is 1.68. The molecule has 0 spiro atoms. The maximum Gasteiger partial charge on any atom is 0.262 e. The lowest BCUT2D eigenvalue weighted by atomic mass is 10.1. The lowest BCUT2D eigenvalue weighted by Crippen LogP contribution is -2.28. The number of methoxy groups -OCH3 is 1. The van der Waals surface area contributed by atoms with Crippen molar-refractivity contribution < 1.29 is 14.2 Å². The third-order valence-corrected chi connectivity index (χ3v) is 6.46. The molecule has 0 amide bonds. The van der Waals surface area contributed by atoms with Gasteiger partial charge in [-0.05, 0) is 67.6 Å². The second kappa shape index (κ2) is 9.85. The van der Waals surface area contributed by atoms with E-state index >= 15 is 0 Å². The van der Waals surface area contributed by atoms with Crippen LogP contribution in [0.3, 0.4) is 0 Å². The molecule has 3 heterocycles. The van der Waals surface area contributed by atoms with Gasteiger partial charge in [-0.15, -0.1) is 0 Å². The smallest absolute Gasteiger partial charge is 0.262 e. The van der Waals surface area contributed by atoms with Gasteiger partial charge in [0.1, 0.15) is 18.1 Å². The fraction of sp³-hybridized carbons (Fsp3) is 0.423. The minimum atomic E-state index is -0.0630. The van der Waals surface area contributed by atoms with Crippen molar-refractivity contribution >= 4 is 16.5 Å². The molecule has 7 nitrogen and oxygen atoms in total. The largest absolute Gasteiger partial charge is 0.495 e. The van der Waals surface area contributed by atoms with E-state index in [1.54, 1.807) is 11.7 Å². The summed E-state index contributed by atoms with van der Waals surface area (Å²) in [5.74, 6) is 1.53. The number of hydrogen-bond acceptors (Lipinski definition) is 6. The summed E-state index contributed by atoms with van der Waals surface area (Å²) in [6.45, 7) is 5.26. The predicted molar refractivity (Wildman–Crippen MR) is 130 cm³/mol. The number of nitrogens with zero attached hydrogens (tertiary/aromatic N) is 2. The standard InChI is InChI=1S/C26H31N3O4/c1-31-25-17-20(5-8-24(25)28-12-3-10-27-11-14-28)29-13-9-19-16-21(6-7-23(19)26(29)30)33-18-22-4-2-15-32-22/h5-9,13,16-17,22,27H,2-4,10-12,14-15,18H2,1H3/t22-/m0/s1. The first-order valence-corrected chi connectivity index (χ1v) is 11.8. The molecule has 1 N–H and O–H groups in total. The van der Waals surface area contributed by atoms with Crippen molar-refractivity contribution in [3.05, 3.63) is 59.0 Å². The zero-order valence-electron chi connectivity index (χ0n) is 19.1. The van der Waals surface area contributed by atoms with Gasteiger partial charge in [0.2, 0.25) is 0 Å². The van der Waals surface area contributed by atoms with E-state index in [1.165, 1.54) is 0 Å². The van der Waals surface area contributed by atoms with Crippen LogP contribution in [0, 0.1) is 0 Å². The molecule has 0 radical (unpaired) electrons. The third kappa shape index (κ3) is 4.70. The zero-order valence-corrected chi connectivity index (χ0v) is 19.1. The molecule has 2 aliphatic heterocycles. The Hall–Kier alpha value is -3.03. The van der Waals surface area contributed by atoms with Crippen LogP contribution >= 0.6 is 0 Å². The van der Waals surface area contributed by atoms with Crippen molar-refractivity contribution in [1.82, 2.24) is 9.88 Å². The summed E-state index contributed by atoms with van der Waals surface area (Å²) in [5.41, 5.74) is 1.79. The highest BCUT2D eigenvalue weighted by Gasteiger charge is 2.17. The van der Waals surface area contributed by atoms with Crippen LogP contribution in [0.25, 0.3) is 16.5 Å². The first kappa shape index (κ1) is 21.8.